The zero-order valence-electron chi connectivity index (χ0n) is 11.1. The van der Waals surface area contributed by atoms with Crippen molar-refractivity contribution in [3.63, 3.8) is 0 Å². The number of hydrogen-bond acceptors (Lipinski definition) is 4. The maximum Gasteiger partial charge on any atom is 0.407 e. The third kappa shape index (κ3) is 4.55. The third-order valence-electron chi connectivity index (χ3n) is 3.17. The molecule has 0 bridgehead atoms. The minimum absolute atomic E-state index is 0.0112. The average Bonchev–Trinajstić information content (AvgIpc) is 2.84. The molecule has 1 atom stereocenters. The number of amides is 1. The van der Waals surface area contributed by atoms with Gasteiger partial charge in [0.05, 0.1) is 6.54 Å². The summed E-state index contributed by atoms with van der Waals surface area (Å²) in [5.74, 6) is -0.850. The molecule has 0 aliphatic carbocycles. The molecule has 2 rings (SSSR count). The van der Waals surface area contributed by atoms with Crippen molar-refractivity contribution in [3.8, 4) is 0 Å². The number of benzene rings is 1. The lowest BCUT2D eigenvalue weighted by Crippen LogP contribution is -2.38. The van der Waals surface area contributed by atoms with Crippen LogP contribution in [-0.4, -0.2) is 47.7 Å². The van der Waals surface area contributed by atoms with Gasteiger partial charge in [-0.2, -0.15) is 0 Å². The summed E-state index contributed by atoms with van der Waals surface area (Å²) in [5.41, 5.74) is 0.932. The maximum atomic E-state index is 11.6. The van der Waals surface area contributed by atoms with E-state index in [9.17, 15) is 9.59 Å². The second-order valence-electron chi connectivity index (χ2n) is 4.82. The quantitative estimate of drug-likeness (QED) is 0.842. The molecule has 0 spiro atoms. The minimum Gasteiger partial charge on any atom is -0.480 e. The van der Waals surface area contributed by atoms with E-state index in [0.717, 1.165) is 12.0 Å². The summed E-state index contributed by atoms with van der Waals surface area (Å²) in [7, 11) is 0. The van der Waals surface area contributed by atoms with Gasteiger partial charge in [0.25, 0.3) is 0 Å². The molecule has 0 unspecified atom stereocenters. The standard InChI is InChI=1S/C14H18N2O4/c17-13(18)9-16-7-6-12(8-16)15-14(19)20-10-11-4-2-1-3-5-11/h1-5,12H,6-10H2,(H,15,19)(H,17,18)/t12-/m0/s1. The molecule has 1 aliphatic heterocycles. The minimum atomic E-state index is -0.850. The number of nitrogens with zero attached hydrogens (tertiary/aromatic N) is 1. The molecule has 108 valence electrons. The first-order valence-corrected chi connectivity index (χ1v) is 6.55. The summed E-state index contributed by atoms with van der Waals surface area (Å²) >= 11 is 0. The topological polar surface area (TPSA) is 78.9 Å². The van der Waals surface area contributed by atoms with Gasteiger partial charge in [-0.1, -0.05) is 30.3 Å². The van der Waals surface area contributed by atoms with Crippen LogP contribution in [0.2, 0.25) is 0 Å². The number of hydrogen-bond donors (Lipinski definition) is 2. The summed E-state index contributed by atoms with van der Waals surface area (Å²) in [4.78, 5) is 24.0. The predicted molar refractivity (Wildman–Crippen MR) is 72.2 cm³/mol. The van der Waals surface area contributed by atoms with Crippen LogP contribution in [0.25, 0.3) is 0 Å². The fourth-order valence-electron chi connectivity index (χ4n) is 2.22. The molecule has 6 nitrogen and oxygen atoms in total. The Labute approximate surface area is 117 Å². The van der Waals surface area contributed by atoms with Crippen LogP contribution in [0.5, 0.6) is 0 Å². The van der Waals surface area contributed by atoms with Crippen molar-refractivity contribution in [1.29, 1.82) is 0 Å². The highest BCUT2D eigenvalue weighted by atomic mass is 16.5. The van der Waals surface area contributed by atoms with Gasteiger partial charge in [-0.25, -0.2) is 4.79 Å². The fraction of sp³-hybridized carbons (Fsp3) is 0.429. The van der Waals surface area contributed by atoms with Gasteiger partial charge in [-0.05, 0) is 12.0 Å². The SMILES string of the molecule is O=C(O)CN1CC[C@H](NC(=O)OCc2ccccc2)C1. The average molecular weight is 278 g/mol. The van der Waals surface area contributed by atoms with E-state index >= 15 is 0 Å². The molecule has 20 heavy (non-hydrogen) atoms. The number of nitrogens with one attached hydrogen (secondary N) is 1. The second-order valence-corrected chi connectivity index (χ2v) is 4.82. The Morgan fingerprint density at radius 3 is 2.80 bits per heavy atom. The van der Waals surface area contributed by atoms with E-state index < -0.39 is 12.1 Å². The number of carboxylic acid groups (broad SMARTS) is 1. The van der Waals surface area contributed by atoms with Crippen LogP contribution in [0.3, 0.4) is 0 Å². The lowest BCUT2D eigenvalue weighted by atomic mass is 10.2. The van der Waals surface area contributed by atoms with E-state index in [2.05, 4.69) is 5.32 Å². The van der Waals surface area contributed by atoms with Crippen LogP contribution >= 0.6 is 0 Å². The molecule has 2 N–H and O–H groups in total. The second kappa shape index (κ2) is 6.91. The first kappa shape index (κ1) is 14.3. The van der Waals surface area contributed by atoms with Crippen molar-refractivity contribution in [2.75, 3.05) is 19.6 Å². The van der Waals surface area contributed by atoms with Crippen LogP contribution in [0.1, 0.15) is 12.0 Å². The molecular formula is C14H18N2O4. The van der Waals surface area contributed by atoms with Crippen molar-refractivity contribution in [2.24, 2.45) is 0 Å². The van der Waals surface area contributed by atoms with Crippen LogP contribution in [-0.2, 0) is 16.1 Å². The molecule has 0 aromatic heterocycles. The molecule has 0 radical (unpaired) electrons. The van der Waals surface area contributed by atoms with Gasteiger partial charge < -0.3 is 15.2 Å². The number of ether oxygens (including phenoxy) is 1. The summed E-state index contributed by atoms with van der Waals surface area (Å²) in [6, 6.07) is 9.40. The molecule has 1 aromatic rings. The van der Waals surface area contributed by atoms with Gasteiger partial charge in [0.2, 0.25) is 0 Å². The number of likely N-dealkylation sites (tertiary alicyclic amines) is 1. The van der Waals surface area contributed by atoms with Crippen molar-refractivity contribution in [1.82, 2.24) is 10.2 Å². The Kier molecular flexibility index (Phi) is 4.95. The zero-order chi connectivity index (χ0) is 14.4. The largest absolute Gasteiger partial charge is 0.480 e. The highest BCUT2D eigenvalue weighted by molar-refractivity contribution is 5.69. The molecule has 1 saturated heterocycles. The monoisotopic (exact) mass is 278 g/mol. The molecule has 1 aliphatic rings. The van der Waals surface area contributed by atoms with Crippen molar-refractivity contribution < 1.29 is 19.4 Å². The van der Waals surface area contributed by atoms with Crippen LogP contribution in [0.15, 0.2) is 30.3 Å². The Hall–Kier alpha value is -2.08. The summed E-state index contributed by atoms with van der Waals surface area (Å²) in [6.07, 6.45) is 0.282. The van der Waals surface area contributed by atoms with E-state index in [4.69, 9.17) is 9.84 Å². The first-order valence-electron chi connectivity index (χ1n) is 6.55. The molecular weight excluding hydrogens is 260 g/mol. The van der Waals surface area contributed by atoms with Gasteiger partial charge >= 0.3 is 12.1 Å². The normalized spacial score (nSPS) is 18.7. The van der Waals surface area contributed by atoms with Crippen molar-refractivity contribution in [3.05, 3.63) is 35.9 Å². The number of alkyl carbamates (subject to hydrolysis) is 1. The number of carboxylic acids is 1. The van der Waals surface area contributed by atoms with E-state index in [1.807, 2.05) is 30.3 Å². The third-order valence-corrected chi connectivity index (χ3v) is 3.17. The van der Waals surface area contributed by atoms with Gasteiger partial charge in [-0.15, -0.1) is 0 Å². The highest BCUT2D eigenvalue weighted by Gasteiger charge is 2.25. The van der Waals surface area contributed by atoms with E-state index in [-0.39, 0.29) is 19.2 Å². The van der Waals surface area contributed by atoms with Gasteiger partial charge in [0.1, 0.15) is 6.61 Å². The Bertz CT molecular complexity index is 464. The number of carbonyl (C=O) groups is 2. The number of aliphatic carboxylic acids is 1. The van der Waals surface area contributed by atoms with Gasteiger partial charge in [0, 0.05) is 19.1 Å². The lowest BCUT2D eigenvalue weighted by Gasteiger charge is -2.14. The predicted octanol–water partition coefficient (Wildman–Crippen LogP) is 1.07. The molecule has 6 heteroatoms. The molecule has 1 heterocycles. The first-order chi connectivity index (χ1) is 9.63. The fourth-order valence-corrected chi connectivity index (χ4v) is 2.22. The molecule has 1 fully saturated rings. The van der Waals surface area contributed by atoms with Crippen molar-refractivity contribution in [2.45, 2.75) is 19.1 Å². The van der Waals surface area contributed by atoms with E-state index in [1.54, 1.807) is 4.90 Å². The number of carbonyl (C=O) groups excluding carboxylic acids is 1. The molecule has 1 aromatic carbocycles. The molecule has 0 saturated carbocycles. The van der Waals surface area contributed by atoms with Gasteiger partial charge in [-0.3, -0.25) is 9.69 Å². The van der Waals surface area contributed by atoms with Gasteiger partial charge in [0.15, 0.2) is 0 Å². The molecule has 1 amide bonds. The summed E-state index contributed by atoms with van der Waals surface area (Å²) in [5, 5.41) is 11.5. The highest BCUT2D eigenvalue weighted by Crippen LogP contribution is 2.09. The van der Waals surface area contributed by atoms with Crippen LogP contribution in [0, 0.1) is 0 Å². The Morgan fingerprint density at radius 2 is 2.10 bits per heavy atom. The van der Waals surface area contributed by atoms with Crippen molar-refractivity contribution >= 4 is 12.1 Å². The smallest absolute Gasteiger partial charge is 0.407 e. The maximum absolute atomic E-state index is 11.6. The summed E-state index contributed by atoms with van der Waals surface area (Å²) in [6.45, 7) is 1.47. The van der Waals surface area contributed by atoms with Crippen LogP contribution < -0.4 is 5.32 Å². The van der Waals surface area contributed by atoms with Crippen LogP contribution in [0.4, 0.5) is 4.79 Å². The lowest BCUT2D eigenvalue weighted by molar-refractivity contribution is -0.138. The zero-order valence-corrected chi connectivity index (χ0v) is 11.1. The summed E-state index contributed by atoms with van der Waals surface area (Å²) < 4.78 is 5.12. The van der Waals surface area contributed by atoms with E-state index in [0.29, 0.717) is 13.1 Å². The number of rotatable bonds is 5. The Morgan fingerprint density at radius 1 is 1.35 bits per heavy atom. The van der Waals surface area contributed by atoms with E-state index in [1.165, 1.54) is 0 Å². The Balaban J connectivity index is 1.69.